The molecule has 3 aliphatic heterocycles. The van der Waals surface area contributed by atoms with Crippen molar-refractivity contribution in [1.82, 2.24) is 9.46 Å². The van der Waals surface area contributed by atoms with Crippen molar-refractivity contribution in [2.75, 3.05) is 28.7 Å². The third-order valence-corrected chi connectivity index (χ3v) is 16.5. The number of benzene rings is 4. The molecule has 4 heterocycles. The summed E-state index contributed by atoms with van der Waals surface area (Å²) in [6, 6.07) is 33.0. The molecule has 4 aromatic carbocycles. The first kappa shape index (κ1) is 32.4. The van der Waals surface area contributed by atoms with Crippen LogP contribution in [-0.4, -0.2) is 38.6 Å². The molecular weight excluding hydrogens is 758 g/mol. The van der Waals surface area contributed by atoms with Crippen LogP contribution < -0.4 is 30.4 Å². The Hall–Kier alpha value is -3.58. The van der Waals surface area contributed by atoms with Gasteiger partial charge < -0.3 is 19.1 Å². The second kappa shape index (κ2) is 12.2. The summed E-state index contributed by atoms with van der Waals surface area (Å²) in [5, 5.41) is 3.13. The molecule has 46 heavy (non-hydrogen) atoms. The molecule has 3 aliphatic rings. The molecule has 0 amide bonds. The Morgan fingerprint density at radius 3 is 2.15 bits per heavy atom. The summed E-state index contributed by atoms with van der Waals surface area (Å²) in [4.78, 5) is 11.5. The average Bonchev–Trinajstić information content (AvgIpc) is 3.65. The molecule has 0 atom stereocenters. The molecule has 0 saturated carbocycles. The quantitative estimate of drug-likeness (QED) is 0.153. The summed E-state index contributed by atoms with van der Waals surface area (Å²) in [5.41, 5.74) is 11.5. The van der Waals surface area contributed by atoms with Gasteiger partial charge in [0, 0.05) is 29.6 Å². The van der Waals surface area contributed by atoms with E-state index in [1.807, 2.05) is 18.3 Å². The molecule has 5 aromatic rings. The topological polar surface area (TPSA) is 27.5 Å². The zero-order valence-corrected chi connectivity index (χ0v) is 31.4. The standard InChI is InChI=1S/C20H24N2Si.C18H17BN3.Ir/c1-14(2)23(15(3)4)18-11-7-6-9-16(18)22-13-21(5)17-10-8-12-19(23)20(17)22;1-13-7-6-8-14(2)17(13)19-21(3)16-10-5-4-9-15(16)18-20-11-12-22(18)19;/h6-8,10-15H,1-5H3;4-8,10-12H,1-3H3;/q-2;-1;+3. The Kier molecular flexibility index (Phi) is 8.60. The summed E-state index contributed by atoms with van der Waals surface area (Å²) in [5.74, 6) is 0.987. The van der Waals surface area contributed by atoms with Crippen LogP contribution in [0.2, 0.25) is 11.1 Å². The molecule has 0 radical (unpaired) electrons. The molecular formula is C38H41BIrN5Si. The smallest absolute Gasteiger partial charge is 0.504 e. The van der Waals surface area contributed by atoms with Gasteiger partial charge in [-0.3, -0.25) is 4.98 Å². The number of aromatic nitrogens is 2. The summed E-state index contributed by atoms with van der Waals surface area (Å²) < 4.78 is 2.24. The number of imidazole rings is 1. The van der Waals surface area contributed by atoms with Gasteiger partial charge in [0.15, 0.2) is 0 Å². The zero-order chi connectivity index (χ0) is 31.6. The Morgan fingerprint density at radius 1 is 0.804 bits per heavy atom. The van der Waals surface area contributed by atoms with Crippen molar-refractivity contribution in [3.05, 3.63) is 115 Å². The minimum atomic E-state index is -1.86. The first-order valence-corrected chi connectivity index (χ1v) is 18.2. The number of anilines is 4. The monoisotopic (exact) mass is 799 g/mol. The van der Waals surface area contributed by atoms with Crippen molar-refractivity contribution in [2.45, 2.75) is 52.6 Å². The summed E-state index contributed by atoms with van der Waals surface area (Å²) >= 11 is 0. The molecule has 0 aliphatic carbocycles. The SMILES string of the molecule is CC(C)[Si]1(C(C)C)c2ccc[c-]c2N2[CH-]N(C)c3cccc1c32.Cc1cccc(C)c1B1N(C)c2ccc[c-]c2-c2nccn21.[Ir+3]. The fraction of sp³-hybridized carbons (Fsp3) is 0.263. The van der Waals surface area contributed by atoms with E-state index in [9.17, 15) is 0 Å². The third-order valence-electron chi connectivity index (χ3n) is 10.2. The van der Waals surface area contributed by atoms with Gasteiger partial charge in [0.2, 0.25) is 0 Å². The van der Waals surface area contributed by atoms with E-state index in [1.54, 1.807) is 10.4 Å². The largest absolute Gasteiger partial charge is 3.00 e. The first-order chi connectivity index (χ1) is 21.7. The predicted octanol–water partition coefficient (Wildman–Crippen LogP) is 6.55. The van der Waals surface area contributed by atoms with Crippen molar-refractivity contribution in [2.24, 2.45) is 0 Å². The van der Waals surface area contributed by atoms with E-state index in [-0.39, 0.29) is 27.1 Å². The molecule has 0 spiro atoms. The number of hydrogen-bond donors (Lipinski definition) is 0. The molecule has 234 valence electrons. The van der Waals surface area contributed by atoms with Crippen molar-refractivity contribution >= 4 is 53.6 Å². The second-order valence-corrected chi connectivity index (χ2v) is 18.4. The fourth-order valence-corrected chi connectivity index (χ4v) is 14.5. The van der Waals surface area contributed by atoms with Gasteiger partial charge in [0.1, 0.15) is 0 Å². The van der Waals surface area contributed by atoms with E-state index in [4.69, 9.17) is 0 Å². The summed E-state index contributed by atoms with van der Waals surface area (Å²) in [6.07, 6.45) is 3.94. The number of para-hydroxylation sites is 2. The van der Waals surface area contributed by atoms with Crippen LogP contribution in [0.1, 0.15) is 38.8 Å². The second-order valence-electron chi connectivity index (χ2n) is 13.3. The van der Waals surface area contributed by atoms with E-state index in [2.05, 4.69) is 165 Å². The Labute approximate surface area is 289 Å². The van der Waals surface area contributed by atoms with Crippen molar-refractivity contribution in [3.8, 4) is 11.4 Å². The van der Waals surface area contributed by atoms with E-state index < -0.39 is 8.07 Å². The Balaban J connectivity index is 0.000000158. The Bertz CT molecular complexity index is 1870. The zero-order valence-electron chi connectivity index (χ0n) is 28.0. The molecule has 0 bridgehead atoms. The molecule has 1 aromatic heterocycles. The van der Waals surface area contributed by atoms with Crippen LogP contribution in [0.4, 0.5) is 22.7 Å². The normalized spacial score (nSPS) is 15.1. The van der Waals surface area contributed by atoms with E-state index >= 15 is 0 Å². The minimum absolute atomic E-state index is 0. The van der Waals surface area contributed by atoms with Crippen LogP contribution in [0.15, 0.2) is 85.2 Å². The molecule has 8 heteroatoms. The Morgan fingerprint density at radius 2 is 1.43 bits per heavy atom. The van der Waals surface area contributed by atoms with Crippen molar-refractivity contribution < 1.29 is 20.1 Å². The van der Waals surface area contributed by atoms with Crippen LogP contribution in [-0.2, 0) is 20.1 Å². The van der Waals surface area contributed by atoms with E-state index in [1.165, 1.54) is 39.3 Å². The predicted molar refractivity (Wildman–Crippen MR) is 193 cm³/mol. The average molecular weight is 799 g/mol. The summed E-state index contributed by atoms with van der Waals surface area (Å²) in [7, 11) is 2.43. The first-order valence-electron chi connectivity index (χ1n) is 16.0. The van der Waals surface area contributed by atoms with E-state index in [0.29, 0.717) is 11.1 Å². The van der Waals surface area contributed by atoms with Crippen molar-refractivity contribution in [3.63, 3.8) is 0 Å². The molecule has 5 nitrogen and oxygen atoms in total. The number of fused-ring (bicyclic) bond motifs is 5. The van der Waals surface area contributed by atoms with Crippen LogP contribution in [0, 0.1) is 32.6 Å². The molecule has 0 fully saturated rings. The van der Waals surface area contributed by atoms with Crippen LogP contribution in [0.3, 0.4) is 0 Å². The van der Waals surface area contributed by atoms with Gasteiger partial charge in [-0.2, -0.15) is 30.9 Å². The van der Waals surface area contributed by atoms with Gasteiger partial charge in [-0.05, 0) is 44.7 Å². The number of hydrogen-bond acceptors (Lipinski definition) is 4. The van der Waals surface area contributed by atoms with Gasteiger partial charge in [0.25, 0.3) is 0 Å². The molecule has 0 N–H and O–H groups in total. The maximum atomic E-state index is 4.57. The fourth-order valence-electron chi connectivity index (χ4n) is 8.37. The van der Waals surface area contributed by atoms with Crippen LogP contribution in [0.5, 0.6) is 0 Å². The molecule has 0 saturated heterocycles. The molecule has 8 rings (SSSR count). The maximum absolute atomic E-state index is 4.57. The summed E-state index contributed by atoms with van der Waals surface area (Å²) in [6.45, 7) is 16.4. The van der Waals surface area contributed by atoms with E-state index in [0.717, 1.165) is 11.4 Å². The maximum Gasteiger partial charge on any atom is 3.00 e. The van der Waals surface area contributed by atoms with Gasteiger partial charge in [0.05, 0.1) is 8.07 Å². The third kappa shape index (κ3) is 4.63. The molecule has 0 unspecified atom stereocenters. The van der Waals surface area contributed by atoms with Gasteiger partial charge in [-0.15, -0.1) is 35.1 Å². The van der Waals surface area contributed by atoms with Gasteiger partial charge in [-0.25, -0.2) is 0 Å². The van der Waals surface area contributed by atoms with Gasteiger partial charge in [-0.1, -0.05) is 91.5 Å². The van der Waals surface area contributed by atoms with Crippen molar-refractivity contribution in [1.29, 1.82) is 0 Å². The van der Waals surface area contributed by atoms with Crippen LogP contribution in [0.25, 0.3) is 11.4 Å². The number of rotatable bonds is 3. The van der Waals surface area contributed by atoms with Crippen LogP contribution >= 0.6 is 0 Å². The number of nitrogens with zero attached hydrogens (tertiary/aromatic N) is 5. The minimum Gasteiger partial charge on any atom is -0.504 e. The van der Waals surface area contributed by atoms with Gasteiger partial charge >= 0.3 is 27.1 Å². The number of aryl methyl sites for hydroxylation is 2.